The van der Waals surface area contributed by atoms with Gasteiger partial charge in [-0.2, -0.15) is 15.6 Å². The highest BCUT2D eigenvalue weighted by atomic mass is 15.3. The van der Waals surface area contributed by atoms with Crippen LogP contribution in [0.2, 0.25) is 0 Å². The number of fused-ring (bicyclic) bond motifs is 2. The van der Waals surface area contributed by atoms with Crippen molar-refractivity contribution >= 4 is 5.65 Å². The van der Waals surface area contributed by atoms with E-state index < -0.39 is 0 Å². The van der Waals surface area contributed by atoms with Crippen molar-refractivity contribution in [1.82, 2.24) is 14.6 Å². The summed E-state index contributed by atoms with van der Waals surface area (Å²) < 4.78 is 1.65. The van der Waals surface area contributed by atoms with E-state index in [0.29, 0.717) is 17.0 Å². The van der Waals surface area contributed by atoms with Crippen molar-refractivity contribution in [2.45, 2.75) is 32.1 Å². The SMILES string of the molecule is N#CCc1nc2c(C#N)c3c(cn2n1)CCCC3. The first-order valence-electron chi connectivity index (χ1n) is 6.00. The van der Waals surface area contributed by atoms with Gasteiger partial charge in [-0.15, -0.1) is 0 Å². The van der Waals surface area contributed by atoms with Crippen LogP contribution < -0.4 is 0 Å². The Bertz CT molecular complexity index is 699. The number of hydrogen-bond donors (Lipinski definition) is 0. The minimum absolute atomic E-state index is 0.178. The Morgan fingerprint density at radius 1 is 1.28 bits per heavy atom. The molecule has 18 heavy (non-hydrogen) atoms. The molecule has 0 fully saturated rings. The molecule has 0 unspecified atom stereocenters. The minimum Gasteiger partial charge on any atom is -0.219 e. The molecular weight excluding hydrogens is 226 g/mol. The molecule has 2 heterocycles. The van der Waals surface area contributed by atoms with Crippen molar-refractivity contribution in [2.24, 2.45) is 0 Å². The van der Waals surface area contributed by atoms with Gasteiger partial charge in [-0.05, 0) is 36.8 Å². The van der Waals surface area contributed by atoms with Crippen LogP contribution in [0.3, 0.4) is 0 Å². The van der Waals surface area contributed by atoms with Crippen LogP contribution in [0.25, 0.3) is 5.65 Å². The van der Waals surface area contributed by atoms with E-state index in [1.165, 1.54) is 5.56 Å². The number of hydrogen-bond acceptors (Lipinski definition) is 4. The highest BCUT2D eigenvalue weighted by Gasteiger charge is 2.19. The molecule has 5 heteroatoms. The van der Waals surface area contributed by atoms with Crippen LogP contribution in [-0.4, -0.2) is 14.6 Å². The normalized spacial score (nSPS) is 13.9. The van der Waals surface area contributed by atoms with E-state index in [1.807, 2.05) is 12.3 Å². The van der Waals surface area contributed by atoms with E-state index in [2.05, 4.69) is 16.2 Å². The Morgan fingerprint density at radius 2 is 2.11 bits per heavy atom. The van der Waals surface area contributed by atoms with Crippen LogP contribution in [0.15, 0.2) is 6.20 Å². The summed E-state index contributed by atoms with van der Waals surface area (Å²) in [4.78, 5) is 4.29. The van der Waals surface area contributed by atoms with Gasteiger partial charge in [-0.1, -0.05) is 0 Å². The van der Waals surface area contributed by atoms with Crippen LogP contribution in [0.5, 0.6) is 0 Å². The smallest absolute Gasteiger partial charge is 0.173 e. The van der Waals surface area contributed by atoms with Crippen LogP contribution in [0.4, 0.5) is 0 Å². The average Bonchev–Trinajstić information content (AvgIpc) is 2.78. The molecule has 2 aromatic heterocycles. The summed E-state index contributed by atoms with van der Waals surface area (Å²) in [6.45, 7) is 0. The van der Waals surface area contributed by atoms with Crippen molar-refractivity contribution in [3.8, 4) is 12.1 Å². The molecule has 0 aliphatic heterocycles. The second-order valence-corrected chi connectivity index (χ2v) is 4.46. The molecular formula is C13H11N5. The number of rotatable bonds is 1. The molecule has 1 aliphatic rings. The van der Waals surface area contributed by atoms with E-state index in [4.69, 9.17) is 5.26 Å². The molecule has 88 valence electrons. The summed E-state index contributed by atoms with van der Waals surface area (Å²) in [5, 5.41) is 22.3. The molecule has 0 spiro atoms. The Morgan fingerprint density at radius 3 is 2.89 bits per heavy atom. The predicted molar refractivity (Wildman–Crippen MR) is 63.7 cm³/mol. The summed E-state index contributed by atoms with van der Waals surface area (Å²) in [6, 6.07) is 4.28. The Balaban J connectivity index is 2.28. The monoisotopic (exact) mass is 237 g/mol. The van der Waals surface area contributed by atoms with E-state index in [1.54, 1.807) is 4.52 Å². The average molecular weight is 237 g/mol. The topological polar surface area (TPSA) is 77.8 Å². The maximum atomic E-state index is 9.33. The molecule has 0 saturated carbocycles. The molecule has 3 rings (SSSR count). The van der Waals surface area contributed by atoms with E-state index in [9.17, 15) is 5.26 Å². The third-order valence-corrected chi connectivity index (χ3v) is 3.34. The highest BCUT2D eigenvalue weighted by molar-refractivity contribution is 5.61. The van der Waals surface area contributed by atoms with Gasteiger partial charge in [0.2, 0.25) is 0 Å². The quantitative estimate of drug-likeness (QED) is 0.753. The predicted octanol–water partition coefficient (Wildman–Crippen LogP) is 1.55. The van der Waals surface area contributed by atoms with Gasteiger partial charge in [0, 0.05) is 6.20 Å². The summed E-state index contributed by atoms with van der Waals surface area (Å²) in [5.41, 5.74) is 3.53. The van der Waals surface area contributed by atoms with Crippen molar-refractivity contribution in [1.29, 1.82) is 10.5 Å². The fraction of sp³-hybridized carbons (Fsp3) is 0.385. The van der Waals surface area contributed by atoms with Gasteiger partial charge < -0.3 is 0 Å². The van der Waals surface area contributed by atoms with E-state index >= 15 is 0 Å². The van der Waals surface area contributed by atoms with Gasteiger partial charge in [0.1, 0.15) is 11.6 Å². The molecule has 1 aliphatic carbocycles. The summed E-state index contributed by atoms with van der Waals surface area (Å²) >= 11 is 0. The molecule has 0 saturated heterocycles. The largest absolute Gasteiger partial charge is 0.219 e. The number of aryl methyl sites for hydroxylation is 1. The maximum absolute atomic E-state index is 9.33. The van der Waals surface area contributed by atoms with Crippen molar-refractivity contribution in [2.75, 3.05) is 0 Å². The first-order valence-corrected chi connectivity index (χ1v) is 6.00. The lowest BCUT2D eigenvalue weighted by atomic mass is 9.90. The number of aromatic nitrogens is 3. The molecule has 0 N–H and O–H groups in total. The first kappa shape index (κ1) is 10.7. The zero-order valence-corrected chi connectivity index (χ0v) is 9.85. The molecule has 0 atom stereocenters. The van der Waals surface area contributed by atoms with Crippen LogP contribution >= 0.6 is 0 Å². The summed E-state index contributed by atoms with van der Waals surface area (Å²) in [7, 11) is 0. The number of nitriles is 2. The first-order chi connectivity index (χ1) is 8.83. The number of pyridine rings is 1. The zero-order valence-electron chi connectivity index (χ0n) is 9.85. The van der Waals surface area contributed by atoms with Gasteiger partial charge >= 0.3 is 0 Å². The molecule has 0 bridgehead atoms. The lowest BCUT2D eigenvalue weighted by Gasteiger charge is -2.16. The van der Waals surface area contributed by atoms with E-state index in [-0.39, 0.29) is 6.42 Å². The van der Waals surface area contributed by atoms with Crippen LogP contribution in [0.1, 0.15) is 35.4 Å². The van der Waals surface area contributed by atoms with Crippen molar-refractivity contribution in [3.63, 3.8) is 0 Å². The standard InChI is InChI=1S/C13H11N5/c14-6-5-12-16-13-11(7-15)10-4-2-1-3-9(10)8-18(13)17-12/h8H,1-5H2. The van der Waals surface area contributed by atoms with Crippen molar-refractivity contribution < 1.29 is 0 Å². The molecule has 5 nitrogen and oxygen atoms in total. The second-order valence-electron chi connectivity index (χ2n) is 4.46. The third kappa shape index (κ3) is 1.53. The second kappa shape index (κ2) is 4.12. The van der Waals surface area contributed by atoms with Gasteiger partial charge in [0.05, 0.1) is 12.5 Å². The van der Waals surface area contributed by atoms with Gasteiger partial charge in [-0.3, -0.25) is 0 Å². The summed E-state index contributed by atoms with van der Waals surface area (Å²) in [6.07, 6.45) is 6.35. The summed E-state index contributed by atoms with van der Waals surface area (Å²) in [5.74, 6) is 0.483. The van der Waals surface area contributed by atoms with Gasteiger partial charge in [0.15, 0.2) is 11.5 Å². The third-order valence-electron chi connectivity index (χ3n) is 3.34. The lowest BCUT2D eigenvalue weighted by Crippen LogP contribution is -2.08. The Kier molecular flexibility index (Phi) is 2.46. The van der Waals surface area contributed by atoms with Gasteiger partial charge in [0.25, 0.3) is 0 Å². The molecule has 0 radical (unpaired) electrons. The van der Waals surface area contributed by atoms with E-state index in [0.717, 1.165) is 31.2 Å². The minimum atomic E-state index is 0.178. The molecule has 0 aromatic carbocycles. The highest BCUT2D eigenvalue weighted by Crippen LogP contribution is 2.26. The fourth-order valence-electron chi connectivity index (χ4n) is 2.53. The van der Waals surface area contributed by atoms with Crippen LogP contribution in [0, 0.1) is 22.7 Å². The lowest BCUT2D eigenvalue weighted by molar-refractivity contribution is 0.676. The van der Waals surface area contributed by atoms with Gasteiger partial charge in [-0.25, -0.2) is 9.50 Å². The van der Waals surface area contributed by atoms with Crippen molar-refractivity contribution in [3.05, 3.63) is 28.7 Å². The zero-order chi connectivity index (χ0) is 12.5. The molecule has 2 aromatic rings. The maximum Gasteiger partial charge on any atom is 0.173 e. The number of nitrogens with zero attached hydrogens (tertiary/aromatic N) is 5. The Hall–Kier alpha value is -2.40. The Labute approximate surface area is 104 Å². The molecule has 0 amide bonds. The van der Waals surface area contributed by atoms with Crippen LogP contribution in [-0.2, 0) is 19.3 Å². The fourth-order valence-corrected chi connectivity index (χ4v) is 2.53.